The molecule has 3 aromatic rings. The number of likely N-dealkylation sites (tertiary alicyclic amines) is 1. The number of nitrogens with zero attached hydrogens (tertiary/aromatic N) is 5. The van der Waals surface area contributed by atoms with Crippen molar-refractivity contribution in [3.63, 3.8) is 0 Å². The van der Waals surface area contributed by atoms with Crippen molar-refractivity contribution < 1.29 is 9.90 Å². The van der Waals surface area contributed by atoms with E-state index in [2.05, 4.69) is 10.1 Å². The van der Waals surface area contributed by atoms with Crippen LogP contribution in [0, 0.1) is 11.3 Å². The smallest absolute Gasteiger partial charge is 0.269 e. The molecule has 1 saturated carbocycles. The molecule has 36 heavy (non-hydrogen) atoms. The number of amides is 1. The summed E-state index contributed by atoms with van der Waals surface area (Å²) in [5.41, 5.74) is -1.09. The number of aromatic nitrogens is 4. The molecule has 1 N–H and O–H groups in total. The Balaban J connectivity index is 1.30. The third kappa shape index (κ3) is 4.83. The Hall–Kier alpha value is -3.00. The Kier molecular flexibility index (Phi) is 6.72. The van der Waals surface area contributed by atoms with Crippen LogP contribution >= 0.6 is 0 Å². The fourth-order valence-electron chi connectivity index (χ4n) is 5.93. The lowest BCUT2D eigenvalue weighted by Gasteiger charge is -2.50. The number of para-hydroxylation sites is 1. The maximum atomic E-state index is 13.0. The molecule has 192 valence electrons. The highest BCUT2D eigenvalue weighted by atomic mass is 16.3. The zero-order valence-corrected chi connectivity index (χ0v) is 21.4. The van der Waals surface area contributed by atoms with E-state index in [9.17, 15) is 14.7 Å². The summed E-state index contributed by atoms with van der Waals surface area (Å²) in [5.74, 6) is 1.38. The molecule has 1 amide bonds. The summed E-state index contributed by atoms with van der Waals surface area (Å²) in [6.07, 6.45) is 13.1. The molecule has 1 aliphatic heterocycles. The van der Waals surface area contributed by atoms with Crippen molar-refractivity contribution >= 4 is 16.8 Å². The van der Waals surface area contributed by atoms with Crippen molar-refractivity contribution in [3.8, 4) is 5.82 Å². The van der Waals surface area contributed by atoms with Crippen molar-refractivity contribution in [2.75, 3.05) is 13.1 Å². The van der Waals surface area contributed by atoms with Crippen LogP contribution in [-0.2, 0) is 11.3 Å². The first-order valence-electron chi connectivity index (χ1n) is 13.3. The Bertz CT molecular complexity index is 1290. The number of carbonyl (C=O) groups is 1. The van der Waals surface area contributed by atoms with Crippen molar-refractivity contribution in [1.82, 2.24) is 24.2 Å². The maximum Gasteiger partial charge on any atom is 0.269 e. The molecule has 2 aromatic heterocycles. The summed E-state index contributed by atoms with van der Waals surface area (Å²) >= 11 is 0. The quantitative estimate of drug-likeness (QED) is 0.564. The molecule has 2 fully saturated rings. The monoisotopic (exact) mass is 491 g/mol. The van der Waals surface area contributed by atoms with E-state index in [1.54, 1.807) is 17.1 Å². The Morgan fingerprint density at radius 1 is 1.14 bits per heavy atom. The Labute approximate surface area is 211 Å². The standard InChI is InChI=1S/C28H37N5O3/c1-27(2)19-31(25(34)13-12-21-8-4-3-5-9-21)15-14-28(27,36)20-32-18-24(29-17-26(32)35)33-23-11-7-6-10-22(23)16-30-33/h6-7,10-11,16-18,21,36H,3-5,8-9,12-15,19-20H2,1-2H3. The first-order chi connectivity index (χ1) is 17.3. The number of hydrogen-bond acceptors (Lipinski definition) is 5. The Morgan fingerprint density at radius 2 is 1.92 bits per heavy atom. The van der Waals surface area contributed by atoms with Crippen molar-refractivity contribution in [1.29, 1.82) is 0 Å². The first kappa shape index (κ1) is 24.7. The molecule has 3 heterocycles. The highest BCUT2D eigenvalue weighted by Gasteiger charge is 2.48. The van der Waals surface area contributed by atoms with E-state index in [0.29, 0.717) is 37.7 Å². The van der Waals surface area contributed by atoms with Crippen LogP contribution < -0.4 is 5.56 Å². The molecule has 8 nitrogen and oxygen atoms in total. The van der Waals surface area contributed by atoms with E-state index in [-0.39, 0.29) is 18.0 Å². The van der Waals surface area contributed by atoms with E-state index in [1.165, 1.54) is 42.9 Å². The van der Waals surface area contributed by atoms with Gasteiger partial charge in [0.1, 0.15) is 0 Å². The van der Waals surface area contributed by atoms with Gasteiger partial charge in [-0.25, -0.2) is 9.67 Å². The number of piperidine rings is 1. The second kappa shape index (κ2) is 9.81. The zero-order chi connectivity index (χ0) is 25.3. The van der Waals surface area contributed by atoms with Gasteiger partial charge in [0.25, 0.3) is 5.56 Å². The number of hydrogen-bond donors (Lipinski definition) is 1. The van der Waals surface area contributed by atoms with Crippen LogP contribution in [-0.4, -0.2) is 53.9 Å². The molecule has 2 aliphatic rings. The minimum Gasteiger partial charge on any atom is -0.387 e. The third-order valence-electron chi connectivity index (χ3n) is 8.47. The molecule has 0 spiro atoms. The lowest BCUT2D eigenvalue weighted by Crippen LogP contribution is -2.60. The van der Waals surface area contributed by atoms with Crippen LogP contribution in [0.5, 0.6) is 0 Å². The van der Waals surface area contributed by atoms with Gasteiger partial charge in [-0.05, 0) is 24.8 Å². The summed E-state index contributed by atoms with van der Waals surface area (Å²) in [4.78, 5) is 32.0. The normalized spacial score (nSPS) is 22.7. The van der Waals surface area contributed by atoms with Gasteiger partial charge in [0.2, 0.25) is 5.91 Å². The molecular formula is C28H37N5O3. The van der Waals surface area contributed by atoms with Crippen LogP contribution in [0.4, 0.5) is 0 Å². The molecule has 1 saturated heterocycles. The van der Waals surface area contributed by atoms with E-state index in [1.807, 2.05) is 43.0 Å². The van der Waals surface area contributed by atoms with Crippen LogP contribution in [0.15, 0.2) is 47.7 Å². The average molecular weight is 492 g/mol. The molecule has 0 bridgehead atoms. The largest absolute Gasteiger partial charge is 0.387 e. The van der Waals surface area contributed by atoms with E-state index in [4.69, 9.17) is 0 Å². The number of aliphatic hydroxyl groups is 1. The number of carbonyl (C=O) groups excluding carboxylic acids is 1. The predicted octanol–water partition coefficient (Wildman–Crippen LogP) is 3.93. The molecule has 1 unspecified atom stereocenters. The summed E-state index contributed by atoms with van der Waals surface area (Å²) < 4.78 is 3.23. The summed E-state index contributed by atoms with van der Waals surface area (Å²) in [6.45, 7) is 5.09. The van der Waals surface area contributed by atoms with Gasteiger partial charge < -0.3 is 14.6 Å². The summed E-state index contributed by atoms with van der Waals surface area (Å²) in [5, 5.41) is 17.2. The van der Waals surface area contributed by atoms with Gasteiger partial charge in [0, 0.05) is 30.3 Å². The molecule has 5 rings (SSSR count). The van der Waals surface area contributed by atoms with Gasteiger partial charge in [0.15, 0.2) is 5.82 Å². The topological polar surface area (TPSA) is 93.2 Å². The molecule has 1 aromatic carbocycles. The van der Waals surface area contributed by atoms with Gasteiger partial charge >= 0.3 is 0 Å². The van der Waals surface area contributed by atoms with Crippen molar-refractivity contribution in [2.24, 2.45) is 11.3 Å². The predicted molar refractivity (Wildman–Crippen MR) is 139 cm³/mol. The van der Waals surface area contributed by atoms with E-state index < -0.39 is 11.0 Å². The number of fused-ring (bicyclic) bond motifs is 1. The Morgan fingerprint density at radius 3 is 2.69 bits per heavy atom. The van der Waals surface area contributed by atoms with Crippen molar-refractivity contribution in [3.05, 3.63) is 53.2 Å². The van der Waals surface area contributed by atoms with Crippen LogP contribution in [0.25, 0.3) is 16.7 Å². The minimum atomic E-state index is -1.14. The second-order valence-corrected chi connectivity index (χ2v) is 11.4. The molecule has 8 heteroatoms. The first-order valence-corrected chi connectivity index (χ1v) is 13.3. The molecule has 1 aliphatic carbocycles. The van der Waals surface area contributed by atoms with E-state index in [0.717, 1.165) is 17.3 Å². The lowest BCUT2D eigenvalue weighted by atomic mass is 9.69. The molecule has 1 atom stereocenters. The molecule has 0 radical (unpaired) electrons. The second-order valence-electron chi connectivity index (χ2n) is 11.4. The lowest BCUT2D eigenvalue weighted by molar-refractivity contribution is -0.154. The van der Waals surface area contributed by atoms with Gasteiger partial charge in [0.05, 0.1) is 36.3 Å². The average Bonchev–Trinajstić information content (AvgIpc) is 3.30. The number of rotatable bonds is 6. The summed E-state index contributed by atoms with van der Waals surface area (Å²) in [7, 11) is 0. The van der Waals surface area contributed by atoms with Gasteiger partial charge in [-0.1, -0.05) is 64.2 Å². The highest BCUT2D eigenvalue weighted by Crippen LogP contribution is 2.40. The van der Waals surface area contributed by atoms with Crippen LogP contribution in [0.2, 0.25) is 0 Å². The zero-order valence-electron chi connectivity index (χ0n) is 21.4. The van der Waals surface area contributed by atoms with Crippen LogP contribution in [0.1, 0.15) is 65.2 Å². The number of benzene rings is 1. The van der Waals surface area contributed by atoms with E-state index >= 15 is 0 Å². The fourth-order valence-corrected chi connectivity index (χ4v) is 5.93. The van der Waals surface area contributed by atoms with Crippen molar-refractivity contribution in [2.45, 2.75) is 77.4 Å². The van der Waals surface area contributed by atoms with Gasteiger partial charge in [-0.15, -0.1) is 0 Å². The minimum absolute atomic E-state index is 0.137. The maximum absolute atomic E-state index is 13.0. The SMILES string of the molecule is CC1(C)CN(C(=O)CCC2CCCCC2)CCC1(O)Cn1cc(-n2ncc3ccccc32)ncc1=O. The highest BCUT2D eigenvalue weighted by molar-refractivity contribution is 5.79. The molecular weight excluding hydrogens is 454 g/mol. The van der Waals surface area contributed by atoms with Crippen LogP contribution in [0.3, 0.4) is 0 Å². The van der Waals surface area contributed by atoms with Gasteiger partial charge in [-0.3, -0.25) is 9.59 Å². The fraction of sp³-hybridized carbons (Fsp3) is 0.571. The summed E-state index contributed by atoms with van der Waals surface area (Å²) in [6, 6.07) is 7.82. The van der Waals surface area contributed by atoms with Gasteiger partial charge in [-0.2, -0.15) is 5.10 Å². The third-order valence-corrected chi connectivity index (χ3v) is 8.47.